The fourth-order valence-electron chi connectivity index (χ4n) is 5.83. The number of amides is 2. The third-order valence-electron chi connectivity index (χ3n) is 7.80. The van der Waals surface area contributed by atoms with E-state index >= 15 is 0 Å². The minimum atomic E-state index is -0.424. The predicted molar refractivity (Wildman–Crippen MR) is 144 cm³/mol. The minimum absolute atomic E-state index is 0.134. The summed E-state index contributed by atoms with van der Waals surface area (Å²) in [5, 5.41) is 7.55. The SMILES string of the molecule is CN(C)C(=O)Oc1cc2cnc(Nc3ccc(N4C[C@H]5CC[C@@H](CC4=O)N5)cn3)nc2n1C1CCCCC1. The molecule has 3 fully saturated rings. The Morgan fingerprint density at radius 1 is 1.08 bits per heavy atom. The summed E-state index contributed by atoms with van der Waals surface area (Å²) in [5.74, 6) is 1.62. The van der Waals surface area contributed by atoms with Crippen molar-refractivity contribution in [2.75, 3.05) is 30.9 Å². The van der Waals surface area contributed by atoms with Crippen LogP contribution >= 0.6 is 0 Å². The van der Waals surface area contributed by atoms with Gasteiger partial charge in [-0.25, -0.2) is 14.8 Å². The molecule has 0 spiro atoms. The molecule has 1 saturated carbocycles. The minimum Gasteiger partial charge on any atom is -0.393 e. The first-order valence-electron chi connectivity index (χ1n) is 13.5. The first kappa shape index (κ1) is 24.6. The first-order chi connectivity index (χ1) is 18.4. The van der Waals surface area contributed by atoms with Gasteiger partial charge < -0.3 is 25.2 Å². The number of carbonyl (C=O) groups is 2. The standard InChI is InChI=1S/C27H34N8O3/c1-33(2)27(37)38-24-12-17-14-29-26(32-25(17)35(24)20-6-4-3-5-7-20)31-22-11-10-21(15-28-22)34-16-19-9-8-18(30-19)13-23(34)36/h10-12,14-15,18-20,30H,3-9,13,16H2,1-2H3,(H,28,29,31,32)/t18-,19+/m0/s1. The average Bonchev–Trinajstić information content (AvgIpc) is 3.46. The molecule has 0 unspecified atom stereocenters. The summed E-state index contributed by atoms with van der Waals surface area (Å²) < 4.78 is 7.77. The molecule has 5 heterocycles. The van der Waals surface area contributed by atoms with E-state index in [0.29, 0.717) is 36.7 Å². The van der Waals surface area contributed by atoms with Gasteiger partial charge >= 0.3 is 6.09 Å². The van der Waals surface area contributed by atoms with Gasteiger partial charge in [0.2, 0.25) is 17.7 Å². The van der Waals surface area contributed by atoms with E-state index < -0.39 is 6.09 Å². The number of nitrogens with one attached hydrogen (secondary N) is 2. The lowest BCUT2D eigenvalue weighted by molar-refractivity contribution is -0.118. The highest BCUT2D eigenvalue weighted by molar-refractivity contribution is 5.94. The lowest BCUT2D eigenvalue weighted by Crippen LogP contribution is -2.37. The molecule has 1 aliphatic carbocycles. The second-order valence-corrected chi connectivity index (χ2v) is 10.8. The van der Waals surface area contributed by atoms with Crippen molar-refractivity contribution in [1.29, 1.82) is 0 Å². The van der Waals surface area contributed by atoms with E-state index in [2.05, 4.69) is 20.6 Å². The third-order valence-corrected chi connectivity index (χ3v) is 7.80. The normalized spacial score (nSPS) is 21.9. The summed E-state index contributed by atoms with van der Waals surface area (Å²) in [6, 6.07) is 6.43. The van der Waals surface area contributed by atoms with Crippen LogP contribution < -0.4 is 20.3 Å². The van der Waals surface area contributed by atoms with E-state index in [1.54, 1.807) is 26.5 Å². The number of pyridine rings is 1. The number of hydrogen-bond donors (Lipinski definition) is 2. The van der Waals surface area contributed by atoms with Crippen molar-refractivity contribution in [2.45, 2.75) is 69.5 Å². The second kappa shape index (κ2) is 10.2. The van der Waals surface area contributed by atoms with Crippen molar-refractivity contribution >= 4 is 40.5 Å². The van der Waals surface area contributed by atoms with Crippen LogP contribution in [0.25, 0.3) is 11.0 Å². The van der Waals surface area contributed by atoms with Crippen LogP contribution in [0.3, 0.4) is 0 Å². The molecule has 3 aromatic rings. The summed E-state index contributed by atoms with van der Waals surface area (Å²) in [5.41, 5.74) is 1.52. The predicted octanol–water partition coefficient (Wildman–Crippen LogP) is 3.99. The average molecular weight is 519 g/mol. The van der Waals surface area contributed by atoms with Crippen molar-refractivity contribution in [3.8, 4) is 5.88 Å². The van der Waals surface area contributed by atoms with E-state index in [1.165, 1.54) is 11.3 Å². The number of carbonyl (C=O) groups excluding carboxylic acids is 2. The number of ether oxygens (including phenoxy) is 1. The van der Waals surface area contributed by atoms with Gasteiger partial charge in [0.1, 0.15) is 11.5 Å². The van der Waals surface area contributed by atoms with Crippen molar-refractivity contribution in [3.63, 3.8) is 0 Å². The number of anilines is 3. The number of hydrogen-bond acceptors (Lipinski definition) is 8. The maximum atomic E-state index is 12.8. The van der Waals surface area contributed by atoms with E-state index in [1.807, 2.05) is 27.7 Å². The Bertz CT molecular complexity index is 1330. The van der Waals surface area contributed by atoms with Gasteiger partial charge in [0.05, 0.1) is 11.9 Å². The van der Waals surface area contributed by atoms with Gasteiger partial charge in [-0.3, -0.25) is 9.36 Å². The summed E-state index contributed by atoms with van der Waals surface area (Å²) in [6.07, 6.45) is 11.2. The third kappa shape index (κ3) is 4.90. The molecule has 2 amide bonds. The Morgan fingerprint density at radius 2 is 1.89 bits per heavy atom. The number of fused-ring (bicyclic) bond motifs is 3. The number of nitrogens with zero attached hydrogens (tertiary/aromatic N) is 6. The molecule has 2 saturated heterocycles. The summed E-state index contributed by atoms with van der Waals surface area (Å²) in [7, 11) is 3.33. The van der Waals surface area contributed by atoms with Crippen LogP contribution in [0.5, 0.6) is 5.88 Å². The fourth-order valence-corrected chi connectivity index (χ4v) is 5.83. The van der Waals surface area contributed by atoms with Gasteiger partial charge in [0, 0.05) is 62.8 Å². The lowest BCUT2D eigenvalue weighted by atomic mass is 9.95. The van der Waals surface area contributed by atoms with Gasteiger partial charge in [-0.1, -0.05) is 19.3 Å². The fraction of sp³-hybridized carbons (Fsp3) is 0.519. The van der Waals surface area contributed by atoms with Crippen LogP contribution in [0.15, 0.2) is 30.6 Å². The summed E-state index contributed by atoms with van der Waals surface area (Å²) >= 11 is 0. The van der Waals surface area contributed by atoms with Crippen LogP contribution in [-0.2, 0) is 4.79 Å². The van der Waals surface area contributed by atoms with Gasteiger partial charge in [0.15, 0.2) is 0 Å². The molecule has 2 bridgehead atoms. The Balaban J connectivity index is 1.25. The Kier molecular flexibility index (Phi) is 6.61. The summed E-state index contributed by atoms with van der Waals surface area (Å²) in [6.45, 7) is 0.669. The topological polar surface area (TPSA) is 118 Å². The van der Waals surface area contributed by atoms with Crippen LogP contribution in [-0.4, -0.2) is 69.1 Å². The maximum Gasteiger partial charge on any atom is 0.415 e. The van der Waals surface area contributed by atoms with Crippen LogP contribution in [0.4, 0.5) is 22.2 Å². The maximum absolute atomic E-state index is 12.8. The van der Waals surface area contributed by atoms with Gasteiger partial charge in [-0.05, 0) is 37.8 Å². The van der Waals surface area contributed by atoms with Crippen LogP contribution in [0, 0.1) is 0 Å². The molecule has 0 radical (unpaired) electrons. The van der Waals surface area contributed by atoms with Crippen LogP contribution in [0.1, 0.15) is 57.4 Å². The highest BCUT2D eigenvalue weighted by Crippen LogP contribution is 2.36. The number of aromatic nitrogens is 4. The van der Waals surface area contributed by atoms with Gasteiger partial charge in [-0.15, -0.1) is 0 Å². The molecular formula is C27H34N8O3. The van der Waals surface area contributed by atoms with Gasteiger partial charge in [-0.2, -0.15) is 4.98 Å². The molecule has 3 aliphatic rings. The quantitative estimate of drug-likeness (QED) is 0.521. The molecule has 200 valence electrons. The highest BCUT2D eigenvalue weighted by atomic mass is 16.6. The van der Waals surface area contributed by atoms with Gasteiger partial charge in [0.25, 0.3) is 0 Å². The van der Waals surface area contributed by atoms with Crippen molar-refractivity contribution in [3.05, 3.63) is 30.6 Å². The van der Waals surface area contributed by atoms with E-state index in [-0.39, 0.29) is 18.0 Å². The number of rotatable bonds is 5. The monoisotopic (exact) mass is 518 g/mol. The highest BCUT2D eigenvalue weighted by Gasteiger charge is 2.34. The van der Waals surface area contributed by atoms with Crippen molar-refractivity contribution < 1.29 is 14.3 Å². The molecule has 11 nitrogen and oxygen atoms in total. The molecule has 2 N–H and O–H groups in total. The molecule has 6 rings (SSSR count). The molecule has 2 atom stereocenters. The zero-order valence-corrected chi connectivity index (χ0v) is 21.9. The molecule has 2 aliphatic heterocycles. The zero-order valence-electron chi connectivity index (χ0n) is 21.9. The van der Waals surface area contributed by atoms with Crippen molar-refractivity contribution in [2.24, 2.45) is 0 Å². The molecule has 3 aromatic heterocycles. The Morgan fingerprint density at radius 3 is 2.66 bits per heavy atom. The van der Waals surface area contributed by atoms with E-state index in [4.69, 9.17) is 9.72 Å². The molecular weight excluding hydrogens is 484 g/mol. The van der Waals surface area contributed by atoms with E-state index in [0.717, 1.165) is 55.2 Å². The Labute approximate surface area is 221 Å². The largest absolute Gasteiger partial charge is 0.415 e. The first-order valence-corrected chi connectivity index (χ1v) is 13.5. The van der Waals surface area contributed by atoms with Crippen LogP contribution in [0.2, 0.25) is 0 Å². The van der Waals surface area contributed by atoms with Crippen molar-refractivity contribution in [1.82, 2.24) is 29.7 Å². The second-order valence-electron chi connectivity index (χ2n) is 10.8. The Hall–Kier alpha value is -3.73. The smallest absolute Gasteiger partial charge is 0.393 e. The van der Waals surface area contributed by atoms with E-state index in [9.17, 15) is 9.59 Å². The molecule has 11 heteroatoms. The lowest BCUT2D eigenvalue weighted by Gasteiger charge is -2.25. The molecule has 0 aromatic carbocycles. The zero-order chi connectivity index (χ0) is 26.2. The summed E-state index contributed by atoms with van der Waals surface area (Å²) in [4.78, 5) is 42.2. The molecule has 38 heavy (non-hydrogen) atoms.